The Morgan fingerprint density at radius 3 is 2.58 bits per heavy atom. The van der Waals surface area contributed by atoms with E-state index in [2.05, 4.69) is 24.0 Å². The molecule has 0 aliphatic carbocycles. The van der Waals surface area contributed by atoms with Crippen molar-refractivity contribution in [3.05, 3.63) is 35.7 Å². The molecule has 0 radical (unpaired) electrons. The molecule has 26 heavy (non-hydrogen) atoms. The van der Waals surface area contributed by atoms with Gasteiger partial charge in [-0.05, 0) is 50.8 Å². The summed E-state index contributed by atoms with van der Waals surface area (Å²) in [6, 6.07) is 8.36. The zero-order valence-electron chi connectivity index (χ0n) is 15.5. The smallest absolute Gasteiger partial charge is 0.277 e. The van der Waals surface area contributed by atoms with Crippen molar-refractivity contribution in [2.45, 2.75) is 56.8 Å². The van der Waals surface area contributed by atoms with Gasteiger partial charge in [0.15, 0.2) is 0 Å². The number of rotatable bonds is 6. The number of hydrogen-bond acceptors (Lipinski definition) is 6. The van der Waals surface area contributed by atoms with E-state index in [1.165, 1.54) is 18.2 Å². The summed E-state index contributed by atoms with van der Waals surface area (Å²) >= 11 is 1.31. The standard InChI is InChI=1S/C19H25N3O3S/c1-13-5-4-6-14(2)22(13)18(23)12-26-19-21-20-17(25-19)11-15-7-9-16(24-3)10-8-15/h7-10,13-14H,4-6,11-12H2,1-3H3. The van der Waals surface area contributed by atoms with E-state index in [1.807, 2.05) is 29.2 Å². The minimum absolute atomic E-state index is 0.143. The van der Waals surface area contributed by atoms with Crippen molar-refractivity contribution in [3.8, 4) is 5.75 Å². The minimum Gasteiger partial charge on any atom is -0.497 e. The molecule has 1 aliphatic heterocycles. The van der Waals surface area contributed by atoms with Crippen LogP contribution in [0.25, 0.3) is 0 Å². The molecule has 1 saturated heterocycles. The second-order valence-corrected chi connectivity index (χ2v) is 7.63. The van der Waals surface area contributed by atoms with Crippen LogP contribution in [0.3, 0.4) is 0 Å². The average Bonchev–Trinajstić information content (AvgIpc) is 3.08. The van der Waals surface area contributed by atoms with Gasteiger partial charge in [-0.25, -0.2) is 0 Å². The first kappa shape index (κ1) is 18.8. The lowest BCUT2D eigenvalue weighted by Gasteiger charge is -2.39. The average molecular weight is 375 g/mol. The molecule has 1 aliphatic rings. The van der Waals surface area contributed by atoms with Crippen LogP contribution in [0.2, 0.25) is 0 Å². The van der Waals surface area contributed by atoms with Crippen LogP contribution in [-0.2, 0) is 11.2 Å². The molecule has 1 aromatic carbocycles. The minimum atomic E-state index is 0.143. The molecule has 1 amide bonds. The van der Waals surface area contributed by atoms with E-state index < -0.39 is 0 Å². The number of methoxy groups -OCH3 is 1. The molecule has 2 atom stereocenters. The Labute approximate surface area is 158 Å². The van der Waals surface area contributed by atoms with Crippen molar-refractivity contribution in [3.63, 3.8) is 0 Å². The maximum absolute atomic E-state index is 12.6. The molecule has 0 bridgehead atoms. The van der Waals surface area contributed by atoms with Crippen LogP contribution in [0.4, 0.5) is 0 Å². The summed E-state index contributed by atoms with van der Waals surface area (Å²) in [7, 11) is 1.64. The molecule has 0 spiro atoms. The van der Waals surface area contributed by atoms with Crippen LogP contribution in [0.5, 0.6) is 5.75 Å². The second kappa shape index (κ2) is 8.58. The van der Waals surface area contributed by atoms with Gasteiger partial charge in [0, 0.05) is 12.1 Å². The highest BCUT2D eigenvalue weighted by atomic mass is 32.2. The molecule has 2 aromatic rings. The third kappa shape index (κ3) is 4.58. The highest BCUT2D eigenvalue weighted by Crippen LogP contribution is 2.25. The van der Waals surface area contributed by atoms with Gasteiger partial charge in [0.05, 0.1) is 19.3 Å². The van der Waals surface area contributed by atoms with Crippen LogP contribution < -0.4 is 4.74 Å². The molecule has 1 aromatic heterocycles. The first-order chi connectivity index (χ1) is 12.6. The molecule has 0 saturated carbocycles. The van der Waals surface area contributed by atoms with Crippen molar-refractivity contribution < 1.29 is 13.9 Å². The number of aromatic nitrogens is 2. The van der Waals surface area contributed by atoms with Gasteiger partial charge in [-0.15, -0.1) is 10.2 Å². The van der Waals surface area contributed by atoms with E-state index in [-0.39, 0.29) is 5.91 Å². The number of hydrogen-bond donors (Lipinski definition) is 0. The van der Waals surface area contributed by atoms with Crippen LogP contribution >= 0.6 is 11.8 Å². The van der Waals surface area contributed by atoms with Crippen molar-refractivity contribution in [1.29, 1.82) is 0 Å². The summed E-state index contributed by atoms with van der Waals surface area (Å²) in [5.41, 5.74) is 1.07. The van der Waals surface area contributed by atoms with Crippen LogP contribution in [0, 0.1) is 0 Å². The van der Waals surface area contributed by atoms with E-state index in [0.717, 1.165) is 24.2 Å². The number of amides is 1. The summed E-state index contributed by atoms with van der Waals surface area (Å²) in [5, 5.41) is 8.58. The van der Waals surface area contributed by atoms with Crippen LogP contribution in [0.1, 0.15) is 44.6 Å². The first-order valence-electron chi connectivity index (χ1n) is 8.96. The Hall–Kier alpha value is -2.02. The summed E-state index contributed by atoms with van der Waals surface area (Å²) in [4.78, 5) is 14.6. The number of carbonyl (C=O) groups excluding carboxylic acids is 1. The Balaban J connectivity index is 1.53. The molecule has 2 heterocycles. The quantitative estimate of drug-likeness (QED) is 0.719. The highest BCUT2D eigenvalue weighted by molar-refractivity contribution is 7.99. The highest BCUT2D eigenvalue weighted by Gasteiger charge is 2.29. The second-order valence-electron chi connectivity index (χ2n) is 6.71. The number of ether oxygens (including phenoxy) is 1. The van der Waals surface area contributed by atoms with Gasteiger partial charge in [-0.2, -0.15) is 0 Å². The number of benzene rings is 1. The van der Waals surface area contributed by atoms with Gasteiger partial charge in [0.2, 0.25) is 11.8 Å². The maximum atomic E-state index is 12.6. The van der Waals surface area contributed by atoms with E-state index in [1.54, 1.807) is 7.11 Å². The van der Waals surface area contributed by atoms with E-state index in [9.17, 15) is 4.79 Å². The predicted molar refractivity (Wildman–Crippen MR) is 100 cm³/mol. The topological polar surface area (TPSA) is 68.5 Å². The zero-order valence-corrected chi connectivity index (χ0v) is 16.3. The summed E-state index contributed by atoms with van der Waals surface area (Å²) < 4.78 is 10.8. The lowest BCUT2D eigenvalue weighted by molar-refractivity contribution is -0.134. The Kier molecular flexibility index (Phi) is 6.19. The Morgan fingerprint density at radius 2 is 1.92 bits per heavy atom. The van der Waals surface area contributed by atoms with Gasteiger partial charge in [-0.3, -0.25) is 4.79 Å². The van der Waals surface area contributed by atoms with E-state index in [4.69, 9.17) is 9.15 Å². The van der Waals surface area contributed by atoms with E-state index in [0.29, 0.717) is 35.4 Å². The van der Waals surface area contributed by atoms with Gasteiger partial charge in [-0.1, -0.05) is 23.9 Å². The SMILES string of the molecule is COc1ccc(Cc2nnc(SCC(=O)N3C(C)CCCC3C)o2)cc1. The molecule has 2 unspecified atom stereocenters. The maximum Gasteiger partial charge on any atom is 0.277 e. The molecule has 0 N–H and O–H groups in total. The predicted octanol–water partition coefficient (Wildman–Crippen LogP) is 3.55. The largest absolute Gasteiger partial charge is 0.497 e. The summed E-state index contributed by atoms with van der Waals surface area (Å²) in [5.74, 6) is 1.84. The van der Waals surface area contributed by atoms with Crippen molar-refractivity contribution in [1.82, 2.24) is 15.1 Å². The molecule has 3 rings (SSSR count). The summed E-state index contributed by atoms with van der Waals surface area (Å²) in [6.45, 7) is 4.25. The fourth-order valence-electron chi connectivity index (χ4n) is 3.40. The first-order valence-corrected chi connectivity index (χ1v) is 9.94. The monoisotopic (exact) mass is 375 g/mol. The number of nitrogens with zero attached hydrogens (tertiary/aromatic N) is 3. The Morgan fingerprint density at radius 1 is 1.23 bits per heavy atom. The third-order valence-corrected chi connectivity index (χ3v) is 5.57. The van der Waals surface area contributed by atoms with Gasteiger partial charge >= 0.3 is 0 Å². The van der Waals surface area contributed by atoms with Crippen LogP contribution in [0.15, 0.2) is 33.9 Å². The fraction of sp³-hybridized carbons (Fsp3) is 0.526. The van der Waals surface area contributed by atoms with Gasteiger partial charge < -0.3 is 14.1 Å². The van der Waals surface area contributed by atoms with Crippen molar-refractivity contribution in [2.24, 2.45) is 0 Å². The normalized spacial score (nSPS) is 20.2. The molecule has 140 valence electrons. The molecular formula is C19H25N3O3S. The molecular weight excluding hydrogens is 350 g/mol. The molecule has 6 nitrogen and oxygen atoms in total. The van der Waals surface area contributed by atoms with Crippen LogP contribution in [-0.4, -0.2) is 46.0 Å². The number of likely N-dealkylation sites (tertiary alicyclic amines) is 1. The van der Waals surface area contributed by atoms with Crippen molar-refractivity contribution in [2.75, 3.05) is 12.9 Å². The van der Waals surface area contributed by atoms with Crippen molar-refractivity contribution >= 4 is 17.7 Å². The number of piperidine rings is 1. The number of carbonyl (C=O) groups is 1. The fourth-order valence-corrected chi connectivity index (χ4v) is 4.05. The number of thioether (sulfide) groups is 1. The van der Waals surface area contributed by atoms with Gasteiger partial charge in [0.25, 0.3) is 5.22 Å². The molecule has 1 fully saturated rings. The third-order valence-electron chi connectivity index (χ3n) is 4.76. The lowest BCUT2D eigenvalue weighted by atomic mass is 9.98. The Bertz CT molecular complexity index is 722. The lowest BCUT2D eigenvalue weighted by Crippen LogP contribution is -2.48. The van der Waals surface area contributed by atoms with E-state index >= 15 is 0 Å². The summed E-state index contributed by atoms with van der Waals surface area (Å²) in [6.07, 6.45) is 3.91. The van der Waals surface area contributed by atoms with Gasteiger partial charge in [0.1, 0.15) is 5.75 Å². The zero-order chi connectivity index (χ0) is 18.5. The molecule has 7 heteroatoms.